The van der Waals surface area contributed by atoms with Gasteiger partial charge in [-0.05, 0) is 22.4 Å². The summed E-state index contributed by atoms with van der Waals surface area (Å²) in [5.74, 6) is 0. The van der Waals surface area contributed by atoms with Crippen molar-refractivity contribution in [3.8, 4) is 0 Å². The van der Waals surface area contributed by atoms with Crippen molar-refractivity contribution in [1.82, 2.24) is 0 Å². The molecule has 2 aromatic rings. The second-order valence-corrected chi connectivity index (χ2v) is 5.30. The van der Waals surface area contributed by atoms with Crippen LogP contribution >= 0.6 is 7.82 Å². The number of ether oxygens (including phenoxy) is 1. The summed E-state index contributed by atoms with van der Waals surface area (Å²) in [6, 6.07) is 14.0. The van der Waals surface area contributed by atoms with Crippen molar-refractivity contribution in [2.45, 2.75) is 6.61 Å². The molecule has 0 bridgehead atoms. The van der Waals surface area contributed by atoms with E-state index in [1.165, 1.54) is 0 Å². The topological polar surface area (TPSA) is 76.0 Å². The lowest BCUT2D eigenvalue weighted by molar-refractivity contribution is 0.0761. The lowest BCUT2D eigenvalue weighted by Crippen LogP contribution is -2.03. The SMILES string of the molecule is O=P(O)(O)OCCOCc1ccc2ccccc2c1. The summed E-state index contributed by atoms with van der Waals surface area (Å²) in [5.41, 5.74) is 1.01. The summed E-state index contributed by atoms with van der Waals surface area (Å²) in [5, 5.41) is 2.30. The van der Waals surface area contributed by atoms with E-state index in [9.17, 15) is 4.57 Å². The molecular formula is C13H15O5P. The largest absolute Gasteiger partial charge is 0.469 e. The molecule has 0 amide bonds. The minimum absolute atomic E-state index is 0.127. The maximum Gasteiger partial charge on any atom is 0.469 e. The molecule has 0 aliphatic carbocycles. The standard InChI is InChI=1S/C13H15O5P/c14-19(15,16)18-8-7-17-10-11-5-6-12-3-1-2-4-13(12)9-11/h1-6,9H,7-8,10H2,(H2,14,15,16). The van der Waals surface area contributed by atoms with Gasteiger partial charge in [0.2, 0.25) is 0 Å². The van der Waals surface area contributed by atoms with Gasteiger partial charge in [-0.25, -0.2) is 4.57 Å². The van der Waals surface area contributed by atoms with Crippen LogP contribution in [-0.4, -0.2) is 23.0 Å². The predicted molar refractivity (Wildman–Crippen MR) is 71.6 cm³/mol. The molecule has 5 nitrogen and oxygen atoms in total. The molecule has 0 unspecified atom stereocenters. The second-order valence-electron chi connectivity index (χ2n) is 4.06. The van der Waals surface area contributed by atoms with Crippen LogP contribution in [0.5, 0.6) is 0 Å². The van der Waals surface area contributed by atoms with Gasteiger partial charge in [0.05, 0.1) is 19.8 Å². The highest BCUT2D eigenvalue weighted by Gasteiger charge is 2.12. The Morgan fingerprint density at radius 3 is 2.47 bits per heavy atom. The Hall–Kier alpha value is -1.23. The van der Waals surface area contributed by atoms with Crippen molar-refractivity contribution in [3.63, 3.8) is 0 Å². The van der Waals surface area contributed by atoms with Crippen LogP contribution in [0.15, 0.2) is 42.5 Å². The maximum atomic E-state index is 10.4. The molecule has 0 saturated heterocycles. The van der Waals surface area contributed by atoms with Crippen molar-refractivity contribution in [3.05, 3.63) is 48.0 Å². The highest BCUT2D eigenvalue weighted by Crippen LogP contribution is 2.35. The van der Waals surface area contributed by atoms with Gasteiger partial charge in [0.15, 0.2) is 0 Å². The first-order valence-electron chi connectivity index (χ1n) is 5.80. The second kappa shape index (κ2) is 6.28. The quantitative estimate of drug-likeness (QED) is 0.628. The van der Waals surface area contributed by atoms with Gasteiger partial charge in [-0.3, -0.25) is 4.52 Å². The third kappa shape index (κ3) is 4.74. The van der Waals surface area contributed by atoms with Crippen molar-refractivity contribution >= 4 is 18.6 Å². The average Bonchev–Trinajstić information content (AvgIpc) is 2.37. The van der Waals surface area contributed by atoms with E-state index in [-0.39, 0.29) is 13.2 Å². The molecule has 0 heterocycles. The number of hydrogen-bond acceptors (Lipinski definition) is 3. The summed E-state index contributed by atoms with van der Waals surface area (Å²) in [6.07, 6.45) is 0. The Balaban J connectivity index is 1.83. The molecule has 19 heavy (non-hydrogen) atoms. The van der Waals surface area contributed by atoms with Crippen LogP contribution in [0.3, 0.4) is 0 Å². The van der Waals surface area contributed by atoms with Crippen molar-refractivity contribution in [2.24, 2.45) is 0 Å². The van der Waals surface area contributed by atoms with E-state index in [2.05, 4.69) is 4.52 Å². The highest BCUT2D eigenvalue weighted by atomic mass is 31.2. The van der Waals surface area contributed by atoms with E-state index >= 15 is 0 Å². The Bertz CT molecular complexity index is 592. The van der Waals surface area contributed by atoms with Crippen molar-refractivity contribution in [2.75, 3.05) is 13.2 Å². The Morgan fingerprint density at radius 1 is 1.00 bits per heavy atom. The van der Waals surface area contributed by atoms with Gasteiger partial charge < -0.3 is 14.5 Å². The number of phosphoric acid groups is 1. The van der Waals surface area contributed by atoms with E-state index in [1.54, 1.807) is 0 Å². The third-order valence-corrected chi connectivity index (χ3v) is 3.09. The van der Waals surface area contributed by atoms with E-state index < -0.39 is 7.82 Å². The number of rotatable bonds is 6. The zero-order chi connectivity index (χ0) is 13.7. The van der Waals surface area contributed by atoms with Gasteiger partial charge >= 0.3 is 7.82 Å². The molecule has 0 aliphatic heterocycles. The fourth-order valence-electron chi connectivity index (χ4n) is 1.73. The molecule has 0 fully saturated rings. The first-order chi connectivity index (χ1) is 9.04. The first-order valence-corrected chi connectivity index (χ1v) is 7.33. The lowest BCUT2D eigenvalue weighted by Gasteiger charge is -2.07. The van der Waals surface area contributed by atoms with Crippen LogP contribution in [0.4, 0.5) is 0 Å². The van der Waals surface area contributed by atoms with Gasteiger partial charge in [0, 0.05) is 0 Å². The molecule has 0 atom stereocenters. The van der Waals surface area contributed by atoms with Crippen LogP contribution < -0.4 is 0 Å². The third-order valence-electron chi connectivity index (χ3n) is 2.57. The molecule has 2 N–H and O–H groups in total. The van der Waals surface area contributed by atoms with Crippen LogP contribution in [0.25, 0.3) is 10.8 Å². The van der Waals surface area contributed by atoms with Crippen molar-refractivity contribution < 1.29 is 23.6 Å². The zero-order valence-electron chi connectivity index (χ0n) is 10.2. The first kappa shape index (κ1) is 14.2. The number of hydrogen-bond donors (Lipinski definition) is 2. The van der Waals surface area contributed by atoms with E-state index in [4.69, 9.17) is 14.5 Å². The molecule has 0 aliphatic rings. The molecule has 0 spiro atoms. The normalized spacial score (nSPS) is 11.9. The molecule has 0 saturated carbocycles. The summed E-state index contributed by atoms with van der Waals surface area (Å²) >= 11 is 0. The molecule has 0 aromatic heterocycles. The minimum atomic E-state index is -4.39. The van der Waals surface area contributed by atoms with Crippen LogP contribution in [0.1, 0.15) is 5.56 Å². The zero-order valence-corrected chi connectivity index (χ0v) is 11.1. The Labute approximate surface area is 111 Å². The number of benzene rings is 2. The Morgan fingerprint density at radius 2 is 1.74 bits per heavy atom. The number of fused-ring (bicyclic) bond motifs is 1. The monoisotopic (exact) mass is 282 g/mol. The Kier molecular flexibility index (Phi) is 4.69. The van der Waals surface area contributed by atoms with Crippen molar-refractivity contribution in [1.29, 1.82) is 0 Å². The van der Waals surface area contributed by atoms with Crippen LogP contribution in [0.2, 0.25) is 0 Å². The van der Waals surface area contributed by atoms with Gasteiger partial charge in [-0.15, -0.1) is 0 Å². The van der Waals surface area contributed by atoms with Gasteiger partial charge in [-0.2, -0.15) is 0 Å². The van der Waals surface area contributed by atoms with Gasteiger partial charge in [-0.1, -0.05) is 36.4 Å². The smallest absolute Gasteiger partial charge is 0.374 e. The maximum absolute atomic E-state index is 10.4. The summed E-state index contributed by atoms with van der Waals surface area (Å²) in [6.45, 7) is 0.394. The fraction of sp³-hybridized carbons (Fsp3) is 0.231. The van der Waals surface area contributed by atoms with Crippen LogP contribution in [0, 0.1) is 0 Å². The minimum Gasteiger partial charge on any atom is -0.374 e. The molecule has 0 radical (unpaired) electrons. The summed E-state index contributed by atoms with van der Waals surface area (Å²) in [4.78, 5) is 17.0. The average molecular weight is 282 g/mol. The van der Waals surface area contributed by atoms with E-state index in [0.29, 0.717) is 6.61 Å². The molecule has 2 aromatic carbocycles. The van der Waals surface area contributed by atoms with Crippen LogP contribution in [-0.2, 0) is 20.4 Å². The molecule has 102 valence electrons. The van der Waals surface area contributed by atoms with Gasteiger partial charge in [0.25, 0.3) is 0 Å². The van der Waals surface area contributed by atoms with Gasteiger partial charge in [0.1, 0.15) is 0 Å². The molecule has 6 heteroatoms. The van der Waals surface area contributed by atoms with E-state index in [1.807, 2.05) is 42.5 Å². The highest BCUT2D eigenvalue weighted by molar-refractivity contribution is 7.46. The molecular weight excluding hydrogens is 267 g/mol. The predicted octanol–water partition coefficient (Wildman–Crippen LogP) is 2.47. The fourth-order valence-corrected chi connectivity index (χ4v) is 2.05. The van der Waals surface area contributed by atoms with E-state index in [0.717, 1.165) is 16.3 Å². The molecule has 2 rings (SSSR count). The lowest BCUT2D eigenvalue weighted by atomic mass is 10.1. The summed E-state index contributed by atoms with van der Waals surface area (Å²) in [7, 11) is -4.39. The number of phosphoric ester groups is 1. The summed E-state index contributed by atoms with van der Waals surface area (Å²) < 4.78 is 20.0.